The fraction of sp³-hybridized carbons (Fsp3) is 0.344. The van der Waals surface area contributed by atoms with Gasteiger partial charge in [0.2, 0.25) is 0 Å². The number of benzene rings is 2. The van der Waals surface area contributed by atoms with Crippen LogP contribution < -0.4 is 0 Å². The van der Waals surface area contributed by atoms with Crippen molar-refractivity contribution in [2.75, 3.05) is 6.54 Å². The molecule has 2 aromatic carbocycles. The topological polar surface area (TPSA) is 101 Å². The fourth-order valence-corrected chi connectivity index (χ4v) is 6.14. The maximum atomic E-state index is 13.5. The number of nitrogens with zero attached hydrogens (tertiary/aromatic N) is 5. The van der Waals surface area contributed by atoms with Crippen molar-refractivity contribution in [2.24, 2.45) is 0 Å². The summed E-state index contributed by atoms with van der Waals surface area (Å²) in [6, 6.07) is 19.8. The number of amides is 1. The Balaban J connectivity index is 1.31. The zero-order chi connectivity index (χ0) is 27.6. The number of hydrogen-bond acceptors (Lipinski definition) is 5. The summed E-state index contributed by atoms with van der Waals surface area (Å²) in [5, 5.41) is 22.7. The molecule has 1 aliphatic heterocycles. The summed E-state index contributed by atoms with van der Waals surface area (Å²) in [5.41, 5.74) is 5.10. The number of aromatic carboxylic acids is 1. The van der Waals surface area contributed by atoms with Crippen molar-refractivity contribution in [3.8, 4) is 16.8 Å². The molecule has 0 bridgehead atoms. The highest BCUT2D eigenvalue weighted by Crippen LogP contribution is 2.55. The van der Waals surface area contributed by atoms with Gasteiger partial charge in [-0.3, -0.25) is 4.79 Å². The predicted octanol–water partition coefficient (Wildman–Crippen LogP) is 6.09. The molecule has 0 radical (unpaired) electrons. The van der Waals surface area contributed by atoms with Gasteiger partial charge in [0.25, 0.3) is 5.91 Å². The largest absolute Gasteiger partial charge is 0.478 e. The lowest BCUT2D eigenvalue weighted by molar-refractivity contribution is 0.0600. The van der Waals surface area contributed by atoms with E-state index in [4.69, 9.17) is 0 Å². The quantitative estimate of drug-likeness (QED) is 0.293. The molecule has 6 rings (SSSR count). The third kappa shape index (κ3) is 5.01. The number of carboxylic acids is 1. The molecule has 1 saturated heterocycles. The molecule has 1 saturated carbocycles. The lowest BCUT2D eigenvalue weighted by Gasteiger charge is -2.36. The summed E-state index contributed by atoms with van der Waals surface area (Å²) in [4.78, 5) is 27.7. The van der Waals surface area contributed by atoms with Gasteiger partial charge >= 0.3 is 5.97 Å². The standard InChI is InChI=1S/C32H33N5O3/c1-2-8-24-12-3-4-16-36(24)31(38)23-11-5-9-21(17-23)22-10-6-13-25(18-22)37-30(28(20-34-37)32(39)40)27-19-26(27)29-14-7-15-33-35-29/h5-7,9-11,13-15,17-18,20,24,26-27H,2-4,8,12,16,19H2,1H3,(H,39,40). The first-order valence-electron chi connectivity index (χ1n) is 14.2. The number of carbonyl (C=O) groups excluding carboxylic acids is 1. The Morgan fingerprint density at radius 2 is 1.82 bits per heavy atom. The Hall–Kier alpha value is -4.33. The van der Waals surface area contributed by atoms with Crippen molar-refractivity contribution in [1.82, 2.24) is 24.9 Å². The minimum absolute atomic E-state index is 0.00415. The number of hydrogen-bond donors (Lipinski definition) is 1. The van der Waals surface area contributed by atoms with E-state index < -0.39 is 5.97 Å². The van der Waals surface area contributed by atoms with Gasteiger partial charge in [-0.25, -0.2) is 9.48 Å². The number of rotatable bonds is 8. The Morgan fingerprint density at radius 3 is 2.60 bits per heavy atom. The van der Waals surface area contributed by atoms with E-state index in [0.29, 0.717) is 17.3 Å². The van der Waals surface area contributed by atoms with E-state index in [-0.39, 0.29) is 23.3 Å². The summed E-state index contributed by atoms with van der Waals surface area (Å²) in [7, 11) is 0. The highest BCUT2D eigenvalue weighted by atomic mass is 16.4. The van der Waals surface area contributed by atoms with Crippen LogP contribution in [0.25, 0.3) is 16.8 Å². The van der Waals surface area contributed by atoms with Gasteiger partial charge in [0.1, 0.15) is 5.56 Å². The minimum Gasteiger partial charge on any atom is -0.478 e. The van der Waals surface area contributed by atoms with Crippen molar-refractivity contribution in [3.05, 3.63) is 95.6 Å². The molecule has 2 fully saturated rings. The average molecular weight is 536 g/mol. The summed E-state index contributed by atoms with van der Waals surface area (Å²) in [6.45, 7) is 2.99. The third-order valence-corrected chi connectivity index (χ3v) is 8.19. The number of piperidine rings is 1. The molecule has 1 amide bonds. The Labute approximate surface area is 233 Å². The monoisotopic (exact) mass is 535 g/mol. The first kappa shape index (κ1) is 25.9. The highest BCUT2D eigenvalue weighted by Gasteiger charge is 2.45. The maximum Gasteiger partial charge on any atom is 0.339 e. The van der Waals surface area contributed by atoms with Crippen LogP contribution in [0.2, 0.25) is 0 Å². The first-order chi connectivity index (χ1) is 19.5. The van der Waals surface area contributed by atoms with Crippen LogP contribution >= 0.6 is 0 Å². The van der Waals surface area contributed by atoms with Crippen LogP contribution in [0.5, 0.6) is 0 Å². The number of aromatic nitrogens is 4. The Morgan fingerprint density at radius 1 is 1.00 bits per heavy atom. The first-order valence-corrected chi connectivity index (χ1v) is 14.2. The SMILES string of the molecule is CCCC1CCCCN1C(=O)c1cccc(-c2cccc(-n3ncc(C(=O)O)c3C3CC3c3cccnn3)c2)c1. The van der Waals surface area contributed by atoms with Crippen LogP contribution in [0, 0.1) is 0 Å². The molecule has 2 aromatic heterocycles. The smallest absolute Gasteiger partial charge is 0.339 e. The molecule has 3 unspecified atom stereocenters. The van der Waals surface area contributed by atoms with Crippen molar-refractivity contribution in [2.45, 2.75) is 63.3 Å². The van der Waals surface area contributed by atoms with Gasteiger partial charge in [0.15, 0.2) is 0 Å². The molecular formula is C32H33N5O3. The van der Waals surface area contributed by atoms with Crippen LogP contribution in [0.15, 0.2) is 73.1 Å². The van der Waals surface area contributed by atoms with E-state index in [2.05, 4.69) is 27.1 Å². The zero-order valence-corrected chi connectivity index (χ0v) is 22.6. The summed E-state index contributed by atoms with van der Waals surface area (Å²) in [6.07, 6.45) is 9.28. The second kappa shape index (κ2) is 11.0. The molecule has 1 N–H and O–H groups in total. The molecule has 4 aromatic rings. The van der Waals surface area contributed by atoms with E-state index >= 15 is 0 Å². The number of likely N-dealkylation sites (tertiary alicyclic amines) is 1. The molecule has 3 atom stereocenters. The van der Waals surface area contributed by atoms with Gasteiger partial charge in [0.05, 0.1) is 23.3 Å². The van der Waals surface area contributed by atoms with Crippen molar-refractivity contribution < 1.29 is 14.7 Å². The van der Waals surface area contributed by atoms with Crippen LogP contribution in [-0.4, -0.2) is 54.4 Å². The van der Waals surface area contributed by atoms with Crippen LogP contribution in [0.3, 0.4) is 0 Å². The van der Waals surface area contributed by atoms with Crippen molar-refractivity contribution in [1.29, 1.82) is 0 Å². The molecule has 3 heterocycles. The molecule has 2 aliphatic rings. The van der Waals surface area contributed by atoms with Crippen LogP contribution in [0.1, 0.15) is 89.4 Å². The molecule has 40 heavy (non-hydrogen) atoms. The van der Waals surface area contributed by atoms with E-state index in [9.17, 15) is 14.7 Å². The lowest BCUT2D eigenvalue weighted by Crippen LogP contribution is -2.43. The van der Waals surface area contributed by atoms with Crippen LogP contribution in [-0.2, 0) is 0 Å². The molecule has 8 heteroatoms. The minimum atomic E-state index is -0.993. The summed E-state index contributed by atoms with van der Waals surface area (Å²) >= 11 is 0. The molecule has 1 aliphatic carbocycles. The van der Waals surface area contributed by atoms with Gasteiger partial charge < -0.3 is 10.0 Å². The summed E-state index contributed by atoms with van der Waals surface area (Å²) in [5.74, 6) is -0.789. The average Bonchev–Trinajstić information content (AvgIpc) is 3.66. The van der Waals surface area contributed by atoms with Gasteiger partial charge in [-0.2, -0.15) is 15.3 Å². The van der Waals surface area contributed by atoms with E-state index in [1.54, 1.807) is 10.9 Å². The molecular weight excluding hydrogens is 502 g/mol. The van der Waals surface area contributed by atoms with E-state index in [1.165, 1.54) is 12.6 Å². The Kier molecular flexibility index (Phi) is 7.15. The molecule has 0 spiro atoms. The summed E-state index contributed by atoms with van der Waals surface area (Å²) < 4.78 is 1.74. The van der Waals surface area contributed by atoms with E-state index in [1.807, 2.05) is 60.7 Å². The lowest BCUT2D eigenvalue weighted by atomic mass is 9.96. The van der Waals surface area contributed by atoms with Gasteiger partial charge in [0, 0.05) is 36.2 Å². The normalized spacial score (nSPS) is 20.3. The molecule has 204 valence electrons. The molecule has 8 nitrogen and oxygen atoms in total. The zero-order valence-electron chi connectivity index (χ0n) is 22.6. The van der Waals surface area contributed by atoms with Gasteiger partial charge in [-0.15, -0.1) is 0 Å². The third-order valence-electron chi connectivity index (χ3n) is 8.19. The highest BCUT2D eigenvalue weighted by molar-refractivity contribution is 5.96. The van der Waals surface area contributed by atoms with Gasteiger partial charge in [-0.05, 0) is 79.6 Å². The predicted molar refractivity (Wildman–Crippen MR) is 152 cm³/mol. The van der Waals surface area contributed by atoms with Gasteiger partial charge in [-0.1, -0.05) is 37.6 Å². The van der Waals surface area contributed by atoms with Crippen LogP contribution in [0.4, 0.5) is 0 Å². The maximum absolute atomic E-state index is 13.5. The second-order valence-corrected chi connectivity index (χ2v) is 10.8. The van der Waals surface area contributed by atoms with Crippen molar-refractivity contribution in [3.63, 3.8) is 0 Å². The van der Waals surface area contributed by atoms with E-state index in [0.717, 1.165) is 61.2 Å². The number of carboxylic acid groups (broad SMARTS) is 1. The Bertz CT molecular complexity index is 1530. The fourth-order valence-electron chi connectivity index (χ4n) is 6.14. The second-order valence-electron chi connectivity index (χ2n) is 10.8. The van der Waals surface area contributed by atoms with Crippen molar-refractivity contribution >= 4 is 11.9 Å². The number of carbonyl (C=O) groups is 2.